The van der Waals surface area contributed by atoms with Crippen LogP contribution in [0.5, 0.6) is 0 Å². The number of nitriles is 1. The van der Waals surface area contributed by atoms with Gasteiger partial charge in [0.25, 0.3) is 0 Å². The zero-order valence-corrected chi connectivity index (χ0v) is 20.4. The fourth-order valence-corrected chi connectivity index (χ4v) is 7.00. The minimum Gasteiger partial charge on any atom is -0.367 e. The maximum absolute atomic E-state index is 13.6. The van der Waals surface area contributed by atoms with Crippen LogP contribution in [0.3, 0.4) is 0 Å². The number of fused-ring (bicyclic) bond motifs is 5. The molecule has 194 valence electrons. The number of alkyl halides is 3. The second kappa shape index (κ2) is 8.37. The average molecular weight is 534 g/mol. The number of nitrogens with zero attached hydrogens (tertiary/aromatic N) is 2. The monoisotopic (exact) mass is 533 g/mol. The first kappa shape index (κ1) is 25.4. The van der Waals surface area contributed by atoms with Gasteiger partial charge in [-0.1, -0.05) is 18.2 Å². The van der Waals surface area contributed by atoms with Gasteiger partial charge in [0, 0.05) is 6.54 Å². The van der Waals surface area contributed by atoms with Crippen molar-refractivity contribution in [3.63, 3.8) is 0 Å². The van der Waals surface area contributed by atoms with E-state index in [-0.39, 0.29) is 23.5 Å². The largest absolute Gasteiger partial charge is 0.417 e. The van der Waals surface area contributed by atoms with Crippen LogP contribution < -0.4 is 9.62 Å². The summed E-state index contributed by atoms with van der Waals surface area (Å²) >= 11 is 0. The number of hydrogen-bond donors (Lipinski definition) is 1. The van der Waals surface area contributed by atoms with E-state index < -0.39 is 62.2 Å². The molecule has 3 saturated heterocycles. The van der Waals surface area contributed by atoms with Crippen LogP contribution in [-0.2, 0) is 30.5 Å². The van der Waals surface area contributed by atoms with Crippen molar-refractivity contribution in [2.45, 2.75) is 48.5 Å². The molecule has 12 heteroatoms. The molecule has 2 unspecified atom stereocenters. The lowest BCUT2D eigenvalue weighted by Crippen LogP contribution is -2.44. The molecule has 0 aliphatic carbocycles. The van der Waals surface area contributed by atoms with Gasteiger partial charge in [0.1, 0.15) is 0 Å². The van der Waals surface area contributed by atoms with Gasteiger partial charge in [-0.25, -0.2) is 18.0 Å². The van der Waals surface area contributed by atoms with Crippen LogP contribution in [0.15, 0.2) is 53.4 Å². The standard InChI is InChI=1S/C25H22F3N3O5S/c1-23-9-10-24(36-23,11-12-30-37(34,35)17-5-3-2-4-6-17)20-19(23)21(32)31(22(20)33)16-8-7-15(14-29)18(13-16)25(26,27)28/h2-8,13,19-20,30H,9-12H2,1H3/t19-,20+,23?,24?/m1/s1. The van der Waals surface area contributed by atoms with E-state index in [0.717, 1.165) is 17.0 Å². The van der Waals surface area contributed by atoms with E-state index >= 15 is 0 Å². The molecule has 3 aliphatic rings. The van der Waals surface area contributed by atoms with E-state index in [4.69, 9.17) is 10.00 Å². The minimum atomic E-state index is -4.85. The number of imide groups is 1. The van der Waals surface area contributed by atoms with Crippen LogP contribution in [-0.4, -0.2) is 38.0 Å². The molecule has 1 N–H and O–H groups in total. The normalized spacial score (nSPS) is 29.0. The summed E-state index contributed by atoms with van der Waals surface area (Å²) in [6, 6.07) is 12.0. The number of carbonyl (C=O) groups excluding carboxylic acids is 2. The Hall–Kier alpha value is -3.27. The number of hydrogen-bond acceptors (Lipinski definition) is 6. The Morgan fingerprint density at radius 1 is 1.11 bits per heavy atom. The molecule has 2 aromatic rings. The smallest absolute Gasteiger partial charge is 0.367 e. The molecule has 4 atom stereocenters. The van der Waals surface area contributed by atoms with E-state index in [1.165, 1.54) is 18.2 Å². The van der Waals surface area contributed by atoms with Gasteiger partial charge in [0.15, 0.2) is 0 Å². The van der Waals surface area contributed by atoms with E-state index in [0.29, 0.717) is 18.9 Å². The lowest BCUT2D eigenvalue weighted by Gasteiger charge is -2.31. The van der Waals surface area contributed by atoms with Crippen molar-refractivity contribution >= 4 is 27.5 Å². The molecule has 3 heterocycles. The number of benzene rings is 2. The quantitative estimate of drug-likeness (QED) is 0.569. The van der Waals surface area contributed by atoms with Crippen LogP contribution in [0.25, 0.3) is 0 Å². The SMILES string of the molecule is CC12CCC(CCNS(=O)(=O)c3ccccc3)(O1)[C@@H]1C(=O)N(c3ccc(C#N)c(C(F)(F)F)c3)C(=O)[C@@H]12. The number of rotatable bonds is 6. The van der Waals surface area contributed by atoms with E-state index in [1.54, 1.807) is 25.1 Å². The highest BCUT2D eigenvalue weighted by molar-refractivity contribution is 7.89. The van der Waals surface area contributed by atoms with Crippen LogP contribution in [0.1, 0.15) is 37.3 Å². The summed E-state index contributed by atoms with van der Waals surface area (Å²) in [6.45, 7) is 1.63. The highest BCUT2D eigenvalue weighted by atomic mass is 32.2. The van der Waals surface area contributed by atoms with E-state index in [1.807, 2.05) is 0 Å². The van der Waals surface area contributed by atoms with Gasteiger partial charge in [0.05, 0.1) is 50.8 Å². The van der Waals surface area contributed by atoms with Crippen LogP contribution >= 0.6 is 0 Å². The maximum Gasteiger partial charge on any atom is 0.417 e. The van der Waals surface area contributed by atoms with Gasteiger partial charge >= 0.3 is 6.18 Å². The zero-order chi connectivity index (χ0) is 26.8. The first-order valence-corrected chi connectivity index (χ1v) is 13.1. The average Bonchev–Trinajstić information content (AvgIpc) is 3.43. The van der Waals surface area contributed by atoms with Crippen LogP contribution in [0.2, 0.25) is 0 Å². The van der Waals surface area contributed by atoms with Crippen molar-refractivity contribution < 1.29 is 35.9 Å². The predicted molar refractivity (Wildman–Crippen MR) is 123 cm³/mol. The van der Waals surface area contributed by atoms with Crippen molar-refractivity contribution in [3.05, 3.63) is 59.7 Å². The van der Waals surface area contributed by atoms with Crippen molar-refractivity contribution in [1.29, 1.82) is 5.26 Å². The summed E-state index contributed by atoms with van der Waals surface area (Å²) in [5.74, 6) is -3.24. The van der Waals surface area contributed by atoms with Gasteiger partial charge in [-0.3, -0.25) is 9.59 Å². The Morgan fingerprint density at radius 2 is 1.78 bits per heavy atom. The van der Waals surface area contributed by atoms with Gasteiger partial charge in [-0.2, -0.15) is 18.4 Å². The lowest BCUT2D eigenvalue weighted by atomic mass is 9.67. The highest BCUT2D eigenvalue weighted by Crippen LogP contribution is 2.62. The zero-order valence-electron chi connectivity index (χ0n) is 19.6. The number of halogens is 3. The summed E-state index contributed by atoms with van der Waals surface area (Å²) in [4.78, 5) is 27.8. The first-order valence-electron chi connectivity index (χ1n) is 11.6. The summed E-state index contributed by atoms with van der Waals surface area (Å²) in [5, 5.41) is 9.07. The fraction of sp³-hybridized carbons (Fsp3) is 0.400. The van der Waals surface area contributed by atoms with Crippen molar-refractivity contribution in [2.24, 2.45) is 11.8 Å². The number of ether oxygens (including phenoxy) is 1. The topological polar surface area (TPSA) is 117 Å². The van der Waals surface area contributed by atoms with Crippen molar-refractivity contribution in [3.8, 4) is 6.07 Å². The molecular formula is C25H22F3N3O5S. The highest BCUT2D eigenvalue weighted by Gasteiger charge is 2.73. The molecule has 3 aliphatic heterocycles. The molecule has 0 saturated carbocycles. The molecule has 0 spiro atoms. The first-order chi connectivity index (χ1) is 17.3. The summed E-state index contributed by atoms with van der Waals surface area (Å²) in [5.41, 5.74) is -4.27. The van der Waals surface area contributed by atoms with Gasteiger partial charge in [-0.15, -0.1) is 0 Å². The predicted octanol–water partition coefficient (Wildman–Crippen LogP) is 3.37. The number of nitrogens with one attached hydrogen (secondary N) is 1. The summed E-state index contributed by atoms with van der Waals surface area (Å²) in [6.07, 6.45) is -3.92. The number of amides is 2. The molecule has 37 heavy (non-hydrogen) atoms. The third-order valence-electron chi connectivity index (χ3n) is 7.59. The molecule has 0 aromatic heterocycles. The molecule has 2 bridgehead atoms. The summed E-state index contributed by atoms with van der Waals surface area (Å²) < 4.78 is 74.6. The van der Waals surface area contributed by atoms with Crippen LogP contribution in [0, 0.1) is 23.2 Å². The summed E-state index contributed by atoms with van der Waals surface area (Å²) in [7, 11) is -3.81. The van der Waals surface area contributed by atoms with Crippen LogP contribution in [0.4, 0.5) is 18.9 Å². The second-order valence-corrected chi connectivity index (χ2v) is 11.5. The molecule has 2 aromatic carbocycles. The fourth-order valence-electron chi connectivity index (χ4n) is 5.95. The van der Waals surface area contributed by atoms with Gasteiger partial charge < -0.3 is 4.74 Å². The van der Waals surface area contributed by atoms with E-state index in [9.17, 15) is 31.2 Å². The molecular weight excluding hydrogens is 511 g/mol. The minimum absolute atomic E-state index is 0.0624. The van der Waals surface area contributed by atoms with Gasteiger partial charge in [-0.05, 0) is 56.5 Å². The molecule has 3 fully saturated rings. The third kappa shape index (κ3) is 3.93. The molecule has 5 rings (SSSR count). The van der Waals surface area contributed by atoms with Crippen molar-refractivity contribution in [2.75, 3.05) is 11.4 Å². The number of anilines is 1. The Kier molecular flexibility index (Phi) is 5.74. The lowest BCUT2D eigenvalue weighted by molar-refractivity contribution is -0.138. The van der Waals surface area contributed by atoms with E-state index in [2.05, 4.69) is 4.72 Å². The third-order valence-corrected chi connectivity index (χ3v) is 9.07. The number of carbonyl (C=O) groups is 2. The Morgan fingerprint density at radius 3 is 2.43 bits per heavy atom. The molecule has 8 nitrogen and oxygen atoms in total. The number of sulfonamides is 1. The molecule has 2 amide bonds. The second-order valence-electron chi connectivity index (χ2n) is 9.75. The maximum atomic E-state index is 13.6. The van der Waals surface area contributed by atoms with Crippen molar-refractivity contribution in [1.82, 2.24) is 4.72 Å². The Balaban J connectivity index is 1.43. The molecule has 0 radical (unpaired) electrons. The Bertz CT molecular complexity index is 1440. The van der Waals surface area contributed by atoms with Gasteiger partial charge in [0.2, 0.25) is 21.8 Å². The Labute approximate surface area is 211 Å².